The van der Waals surface area contributed by atoms with Crippen LogP contribution in [0.25, 0.3) is 0 Å². The third-order valence-electron chi connectivity index (χ3n) is 4.95. The van der Waals surface area contributed by atoms with Crippen LogP contribution in [-0.4, -0.2) is 48.2 Å². The van der Waals surface area contributed by atoms with Crippen LogP contribution in [0.4, 0.5) is 0 Å². The number of hydrogen-bond donors (Lipinski definition) is 1. The number of nitrogens with zero attached hydrogens (tertiary/aromatic N) is 1. The fourth-order valence-corrected chi connectivity index (χ4v) is 3.59. The molecule has 1 unspecified atom stereocenters. The predicted octanol–water partition coefficient (Wildman–Crippen LogP) is 3.49. The van der Waals surface area contributed by atoms with E-state index in [1.54, 1.807) is 18.2 Å². The topological polar surface area (TPSA) is 76.1 Å². The quantitative estimate of drug-likeness (QED) is 0.792. The summed E-state index contributed by atoms with van der Waals surface area (Å²) in [6.45, 7) is 5.24. The molecule has 1 amide bonds. The first-order valence-corrected chi connectivity index (χ1v) is 9.45. The molecule has 2 aromatic rings. The second kappa shape index (κ2) is 8.78. The summed E-state index contributed by atoms with van der Waals surface area (Å²) in [6, 6.07) is 13.2. The minimum Gasteiger partial charge on any atom is -0.490 e. The molecule has 1 heterocycles. The highest BCUT2D eigenvalue weighted by atomic mass is 16.5. The molecule has 148 valence electrons. The molecule has 1 aliphatic heterocycles. The number of carboxylic acids is 1. The van der Waals surface area contributed by atoms with Crippen LogP contribution in [0, 0.1) is 6.92 Å². The maximum Gasteiger partial charge on any atom is 0.341 e. The average molecular weight is 383 g/mol. The Hall–Kier alpha value is -3.02. The number of carbonyl (C=O) groups excluding carboxylic acids is 1. The van der Waals surface area contributed by atoms with Crippen LogP contribution in [0.2, 0.25) is 0 Å². The van der Waals surface area contributed by atoms with Crippen LogP contribution in [-0.2, 0) is 4.79 Å². The Balaban J connectivity index is 1.74. The van der Waals surface area contributed by atoms with Gasteiger partial charge in [0.25, 0.3) is 5.91 Å². The van der Waals surface area contributed by atoms with Gasteiger partial charge in [-0.05, 0) is 49.6 Å². The Morgan fingerprint density at radius 3 is 2.64 bits per heavy atom. The lowest BCUT2D eigenvalue weighted by Crippen LogP contribution is -2.28. The highest BCUT2D eigenvalue weighted by Crippen LogP contribution is 2.32. The van der Waals surface area contributed by atoms with Gasteiger partial charge in [0.05, 0.1) is 6.61 Å². The third-order valence-corrected chi connectivity index (χ3v) is 4.95. The van der Waals surface area contributed by atoms with Crippen molar-refractivity contribution in [2.45, 2.75) is 26.2 Å². The standard InChI is InChI=1S/C22H25NO5/c1-3-27-20-12-16(8-9-19(20)28-14-21(24)25)22(26)23-11-10-17(13-23)18-7-5-4-6-15(18)2/h4-9,12,17H,3,10-11,13-14H2,1-2H3,(H,24,25). The van der Waals surface area contributed by atoms with Gasteiger partial charge < -0.3 is 19.5 Å². The van der Waals surface area contributed by atoms with E-state index in [-0.39, 0.29) is 5.91 Å². The van der Waals surface area contributed by atoms with Crippen molar-refractivity contribution in [1.29, 1.82) is 0 Å². The van der Waals surface area contributed by atoms with E-state index >= 15 is 0 Å². The summed E-state index contributed by atoms with van der Waals surface area (Å²) >= 11 is 0. The molecular weight excluding hydrogens is 358 g/mol. The summed E-state index contributed by atoms with van der Waals surface area (Å²) in [7, 11) is 0. The number of hydrogen-bond acceptors (Lipinski definition) is 4. The van der Waals surface area contributed by atoms with Gasteiger partial charge in [-0.3, -0.25) is 4.79 Å². The van der Waals surface area contributed by atoms with Gasteiger partial charge >= 0.3 is 5.97 Å². The molecule has 6 nitrogen and oxygen atoms in total. The number of likely N-dealkylation sites (tertiary alicyclic amines) is 1. The summed E-state index contributed by atoms with van der Waals surface area (Å²) in [5, 5.41) is 8.79. The largest absolute Gasteiger partial charge is 0.490 e. The van der Waals surface area contributed by atoms with Gasteiger partial charge in [-0.25, -0.2) is 4.79 Å². The van der Waals surface area contributed by atoms with E-state index in [0.29, 0.717) is 42.7 Å². The summed E-state index contributed by atoms with van der Waals surface area (Å²) in [5.74, 6) is -0.0808. The van der Waals surface area contributed by atoms with E-state index in [9.17, 15) is 9.59 Å². The van der Waals surface area contributed by atoms with E-state index in [1.165, 1.54) is 11.1 Å². The van der Waals surface area contributed by atoms with Crippen LogP contribution in [0.3, 0.4) is 0 Å². The Bertz CT molecular complexity index is 864. The molecule has 1 aliphatic rings. The number of benzene rings is 2. The fourth-order valence-electron chi connectivity index (χ4n) is 3.59. The molecule has 0 spiro atoms. The van der Waals surface area contributed by atoms with Crippen molar-refractivity contribution < 1.29 is 24.2 Å². The van der Waals surface area contributed by atoms with Crippen molar-refractivity contribution in [2.75, 3.05) is 26.3 Å². The molecule has 1 fully saturated rings. The molecule has 6 heteroatoms. The van der Waals surface area contributed by atoms with E-state index < -0.39 is 12.6 Å². The van der Waals surface area contributed by atoms with Gasteiger partial charge in [0.15, 0.2) is 18.1 Å². The van der Waals surface area contributed by atoms with Crippen LogP contribution in [0.15, 0.2) is 42.5 Å². The molecular formula is C22H25NO5. The summed E-state index contributed by atoms with van der Waals surface area (Å²) < 4.78 is 10.8. The molecule has 1 atom stereocenters. The number of carboxylic acid groups (broad SMARTS) is 1. The third kappa shape index (κ3) is 4.44. The molecule has 0 saturated carbocycles. The molecule has 1 saturated heterocycles. The van der Waals surface area contributed by atoms with Crippen LogP contribution in [0.1, 0.15) is 40.7 Å². The fraction of sp³-hybridized carbons (Fsp3) is 0.364. The average Bonchev–Trinajstić information content (AvgIpc) is 3.17. The maximum atomic E-state index is 13.0. The van der Waals surface area contributed by atoms with Gasteiger partial charge in [0.1, 0.15) is 0 Å². The number of aryl methyl sites for hydroxylation is 1. The zero-order valence-electron chi connectivity index (χ0n) is 16.2. The molecule has 0 aliphatic carbocycles. The minimum atomic E-state index is -1.07. The van der Waals surface area contributed by atoms with Crippen LogP contribution < -0.4 is 9.47 Å². The zero-order valence-corrected chi connectivity index (χ0v) is 16.2. The lowest BCUT2D eigenvalue weighted by Gasteiger charge is -2.19. The van der Waals surface area contributed by atoms with Gasteiger partial charge in [-0.1, -0.05) is 24.3 Å². The Labute approximate surface area is 164 Å². The van der Waals surface area contributed by atoms with E-state index in [0.717, 1.165) is 6.42 Å². The molecule has 28 heavy (non-hydrogen) atoms. The smallest absolute Gasteiger partial charge is 0.341 e. The van der Waals surface area contributed by atoms with E-state index in [4.69, 9.17) is 14.6 Å². The molecule has 0 radical (unpaired) electrons. The lowest BCUT2D eigenvalue weighted by atomic mass is 9.94. The number of amides is 1. The van der Waals surface area contributed by atoms with Crippen LogP contribution >= 0.6 is 0 Å². The molecule has 3 rings (SSSR count). The van der Waals surface area contributed by atoms with Gasteiger partial charge in [-0.2, -0.15) is 0 Å². The van der Waals surface area contributed by atoms with Gasteiger partial charge in [0, 0.05) is 24.6 Å². The van der Waals surface area contributed by atoms with E-state index in [2.05, 4.69) is 19.1 Å². The number of carbonyl (C=O) groups is 2. The van der Waals surface area contributed by atoms with Crippen LogP contribution in [0.5, 0.6) is 11.5 Å². The second-order valence-corrected chi connectivity index (χ2v) is 6.87. The van der Waals surface area contributed by atoms with Gasteiger partial charge in [0.2, 0.25) is 0 Å². The molecule has 0 bridgehead atoms. The van der Waals surface area contributed by atoms with Crippen molar-refractivity contribution in [2.24, 2.45) is 0 Å². The van der Waals surface area contributed by atoms with Crippen molar-refractivity contribution in [1.82, 2.24) is 4.90 Å². The first-order chi connectivity index (χ1) is 13.5. The first-order valence-electron chi connectivity index (χ1n) is 9.45. The Morgan fingerprint density at radius 1 is 1.14 bits per heavy atom. The molecule has 0 aromatic heterocycles. The summed E-state index contributed by atoms with van der Waals surface area (Å²) in [5.41, 5.74) is 3.06. The number of ether oxygens (including phenoxy) is 2. The van der Waals surface area contributed by atoms with Crippen molar-refractivity contribution in [3.05, 3.63) is 59.2 Å². The Kier molecular flexibility index (Phi) is 6.19. The monoisotopic (exact) mass is 383 g/mol. The SMILES string of the molecule is CCOc1cc(C(=O)N2CCC(c3ccccc3C)C2)ccc1OCC(=O)O. The summed E-state index contributed by atoms with van der Waals surface area (Å²) in [6.07, 6.45) is 0.939. The van der Waals surface area contributed by atoms with E-state index in [1.807, 2.05) is 24.0 Å². The van der Waals surface area contributed by atoms with Crippen molar-refractivity contribution >= 4 is 11.9 Å². The zero-order chi connectivity index (χ0) is 20.1. The van der Waals surface area contributed by atoms with Crippen molar-refractivity contribution in [3.8, 4) is 11.5 Å². The normalized spacial score (nSPS) is 16.1. The first kappa shape index (κ1) is 19.7. The predicted molar refractivity (Wildman–Crippen MR) is 105 cm³/mol. The maximum absolute atomic E-state index is 13.0. The highest BCUT2D eigenvalue weighted by molar-refractivity contribution is 5.95. The van der Waals surface area contributed by atoms with Gasteiger partial charge in [-0.15, -0.1) is 0 Å². The molecule has 1 N–H and O–H groups in total. The summed E-state index contributed by atoms with van der Waals surface area (Å²) in [4.78, 5) is 25.6. The minimum absolute atomic E-state index is 0.0539. The number of rotatable bonds is 7. The lowest BCUT2D eigenvalue weighted by molar-refractivity contribution is -0.139. The number of aliphatic carboxylic acids is 1. The van der Waals surface area contributed by atoms with Crippen molar-refractivity contribution in [3.63, 3.8) is 0 Å². The second-order valence-electron chi connectivity index (χ2n) is 6.87. The molecule has 2 aromatic carbocycles. The Morgan fingerprint density at radius 2 is 1.93 bits per heavy atom. The highest BCUT2D eigenvalue weighted by Gasteiger charge is 2.29.